The molecule has 0 atom stereocenters. The molecule has 18 heavy (non-hydrogen) atoms. The van der Waals surface area contributed by atoms with E-state index in [1.807, 2.05) is 18.2 Å². The number of H-pyrrole nitrogens is 1. The molecule has 0 radical (unpaired) electrons. The minimum Gasteiger partial charge on any atom is -0.338 e. The summed E-state index contributed by atoms with van der Waals surface area (Å²) in [5, 5.41) is 0. The Balaban J connectivity index is 1.82. The smallest absolute Gasteiger partial charge is 0.134 e. The zero-order valence-corrected chi connectivity index (χ0v) is 9.85. The van der Waals surface area contributed by atoms with Crippen LogP contribution in [-0.4, -0.2) is 9.97 Å². The third-order valence-corrected chi connectivity index (χ3v) is 3.46. The van der Waals surface area contributed by atoms with Crippen LogP contribution in [0.2, 0.25) is 0 Å². The number of rotatable bonds is 1. The number of para-hydroxylation sites is 2. The Morgan fingerprint density at radius 1 is 0.944 bits per heavy atom. The van der Waals surface area contributed by atoms with Crippen molar-refractivity contribution in [2.75, 3.05) is 0 Å². The second-order valence-corrected chi connectivity index (χ2v) is 4.65. The van der Waals surface area contributed by atoms with Crippen molar-refractivity contribution < 1.29 is 0 Å². The molecule has 2 nitrogen and oxygen atoms in total. The lowest BCUT2D eigenvalue weighted by molar-refractivity contribution is 1.21. The Morgan fingerprint density at radius 2 is 1.78 bits per heavy atom. The van der Waals surface area contributed by atoms with Gasteiger partial charge >= 0.3 is 0 Å². The summed E-state index contributed by atoms with van der Waals surface area (Å²) in [6.07, 6.45) is 3.20. The fourth-order valence-corrected chi connectivity index (χ4v) is 2.54. The lowest BCUT2D eigenvalue weighted by atomic mass is 10.1. The predicted molar refractivity (Wildman–Crippen MR) is 74.1 cm³/mol. The highest BCUT2D eigenvalue weighted by molar-refractivity contribution is 5.89. The highest BCUT2D eigenvalue weighted by Crippen LogP contribution is 2.30. The van der Waals surface area contributed by atoms with Crippen molar-refractivity contribution >= 4 is 22.7 Å². The molecule has 1 heterocycles. The standard InChI is InChI=1S/C16H12N2/c1-2-6-12-10-13(9-11(12)5-1)16-17-14-7-3-4-8-15(14)18-16/h1-9H,10H2,(H,17,18). The zero-order chi connectivity index (χ0) is 11.9. The molecule has 0 aliphatic heterocycles. The maximum atomic E-state index is 4.65. The summed E-state index contributed by atoms with van der Waals surface area (Å²) < 4.78 is 0. The van der Waals surface area contributed by atoms with Gasteiger partial charge in [-0.25, -0.2) is 4.98 Å². The number of imidazole rings is 1. The van der Waals surface area contributed by atoms with Gasteiger partial charge in [0, 0.05) is 6.42 Å². The summed E-state index contributed by atoms with van der Waals surface area (Å²) >= 11 is 0. The molecular weight excluding hydrogens is 220 g/mol. The number of fused-ring (bicyclic) bond motifs is 2. The summed E-state index contributed by atoms with van der Waals surface area (Å²) in [7, 11) is 0. The van der Waals surface area contributed by atoms with E-state index in [-0.39, 0.29) is 0 Å². The SMILES string of the molecule is C1=C(c2nc3ccccc3[nH]2)Cc2ccccc21. The summed E-state index contributed by atoms with van der Waals surface area (Å²) in [5.74, 6) is 0.993. The molecule has 0 unspecified atom stereocenters. The van der Waals surface area contributed by atoms with Crippen LogP contribution in [-0.2, 0) is 6.42 Å². The quantitative estimate of drug-likeness (QED) is 0.681. The Kier molecular flexibility index (Phi) is 1.92. The van der Waals surface area contributed by atoms with Gasteiger partial charge in [0.15, 0.2) is 0 Å². The molecule has 1 aliphatic carbocycles. The number of hydrogen-bond acceptors (Lipinski definition) is 1. The molecule has 2 heteroatoms. The molecule has 1 aliphatic rings. The first-order valence-corrected chi connectivity index (χ1v) is 6.14. The lowest BCUT2D eigenvalue weighted by Crippen LogP contribution is -1.87. The van der Waals surface area contributed by atoms with Crippen LogP contribution in [0.1, 0.15) is 17.0 Å². The number of nitrogens with one attached hydrogen (secondary N) is 1. The van der Waals surface area contributed by atoms with Crippen molar-refractivity contribution in [3.8, 4) is 0 Å². The van der Waals surface area contributed by atoms with E-state index >= 15 is 0 Å². The summed E-state index contributed by atoms with van der Waals surface area (Å²) in [4.78, 5) is 8.05. The summed E-state index contributed by atoms with van der Waals surface area (Å²) in [6, 6.07) is 16.7. The van der Waals surface area contributed by atoms with Crippen molar-refractivity contribution in [3.05, 3.63) is 65.5 Å². The number of aromatic nitrogens is 2. The molecule has 0 saturated carbocycles. The average Bonchev–Trinajstić information content (AvgIpc) is 3.02. The number of nitrogens with zero attached hydrogens (tertiary/aromatic N) is 1. The van der Waals surface area contributed by atoms with Crippen LogP contribution >= 0.6 is 0 Å². The van der Waals surface area contributed by atoms with E-state index in [9.17, 15) is 0 Å². The topological polar surface area (TPSA) is 28.7 Å². The molecule has 0 amide bonds. The summed E-state index contributed by atoms with van der Waals surface area (Å²) in [5.41, 5.74) is 6.10. The molecule has 1 N–H and O–H groups in total. The van der Waals surface area contributed by atoms with Crippen LogP contribution < -0.4 is 0 Å². The van der Waals surface area contributed by atoms with Gasteiger partial charge in [0.1, 0.15) is 5.82 Å². The van der Waals surface area contributed by atoms with E-state index in [0.717, 1.165) is 23.3 Å². The second kappa shape index (κ2) is 3.57. The highest BCUT2D eigenvalue weighted by atomic mass is 14.9. The van der Waals surface area contributed by atoms with Crippen molar-refractivity contribution in [1.82, 2.24) is 9.97 Å². The lowest BCUT2D eigenvalue weighted by Gasteiger charge is -1.96. The highest BCUT2D eigenvalue weighted by Gasteiger charge is 2.15. The molecular formula is C16H12N2. The number of aromatic amines is 1. The van der Waals surface area contributed by atoms with Crippen molar-refractivity contribution in [1.29, 1.82) is 0 Å². The first-order chi connectivity index (χ1) is 8.90. The number of hydrogen-bond donors (Lipinski definition) is 1. The van der Waals surface area contributed by atoms with E-state index in [2.05, 4.69) is 46.4 Å². The van der Waals surface area contributed by atoms with Crippen LogP contribution in [0.5, 0.6) is 0 Å². The van der Waals surface area contributed by atoms with Crippen LogP contribution in [0, 0.1) is 0 Å². The van der Waals surface area contributed by atoms with Gasteiger partial charge in [0.05, 0.1) is 11.0 Å². The Bertz CT molecular complexity index is 732. The molecule has 0 bridgehead atoms. The monoisotopic (exact) mass is 232 g/mol. The first kappa shape index (κ1) is 9.66. The Hall–Kier alpha value is -2.35. The molecule has 86 valence electrons. The van der Waals surface area contributed by atoms with Crippen LogP contribution in [0.15, 0.2) is 48.5 Å². The third kappa shape index (κ3) is 1.39. The normalized spacial score (nSPS) is 13.7. The first-order valence-electron chi connectivity index (χ1n) is 6.14. The maximum Gasteiger partial charge on any atom is 0.134 e. The van der Waals surface area contributed by atoms with E-state index in [0.29, 0.717) is 0 Å². The second-order valence-electron chi connectivity index (χ2n) is 4.65. The number of allylic oxidation sites excluding steroid dienone is 1. The molecule has 0 fully saturated rings. The van der Waals surface area contributed by atoms with Crippen LogP contribution in [0.4, 0.5) is 0 Å². The Morgan fingerprint density at radius 3 is 2.67 bits per heavy atom. The average molecular weight is 232 g/mol. The Labute approximate surface area is 105 Å². The van der Waals surface area contributed by atoms with Gasteiger partial charge in [-0.3, -0.25) is 0 Å². The molecule has 0 spiro atoms. The van der Waals surface area contributed by atoms with Gasteiger partial charge in [0.2, 0.25) is 0 Å². The van der Waals surface area contributed by atoms with Gasteiger partial charge < -0.3 is 4.98 Å². The molecule has 2 aromatic carbocycles. The van der Waals surface area contributed by atoms with Gasteiger partial charge in [-0.05, 0) is 34.9 Å². The minimum atomic E-state index is 0.968. The van der Waals surface area contributed by atoms with Crippen molar-refractivity contribution in [3.63, 3.8) is 0 Å². The molecule has 4 rings (SSSR count). The van der Waals surface area contributed by atoms with Crippen LogP contribution in [0.3, 0.4) is 0 Å². The van der Waals surface area contributed by atoms with Gasteiger partial charge in [-0.2, -0.15) is 0 Å². The molecule has 3 aromatic rings. The fourth-order valence-electron chi connectivity index (χ4n) is 2.54. The fraction of sp³-hybridized carbons (Fsp3) is 0.0625. The van der Waals surface area contributed by atoms with E-state index < -0.39 is 0 Å². The zero-order valence-electron chi connectivity index (χ0n) is 9.85. The van der Waals surface area contributed by atoms with Crippen LogP contribution in [0.25, 0.3) is 22.7 Å². The predicted octanol–water partition coefficient (Wildman–Crippen LogP) is 3.66. The minimum absolute atomic E-state index is 0.968. The van der Waals surface area contributed by atoms with Crippen molar-refractivity contribution in [2.45, 2.75) is 6.42 Å². The molecule has 0 saturated heterocycles. The van der Waals surface area contributed by atoms with Gasteiger partial charge in [-0.1, -0.05) is 36.4 Å². The largest absolute Gasteiger partial charge is 0.338 e. The maximum absolute atomic E-state index is 4.65. The van der Waals surface area contributed by atoms with E-state index in [1.165, 1.54) is 16.7 Å². The van der Waals surface area contributed by atoms with Gasteiger partial charge in [-0.15, -0.1) is 0 Å². The van der Waals surface area contributed by atoms with E-state index in [1.54, 1.807) is 0 Å². The molecule has 1 aromatic heterocycles. The van der Waals surface area contributed by atoms with E-state index in [4.69, 9.17) is 0 Å². The number of benzene rings is 2. The third-order valence-electron chi connectivity index (χ3n) is 3.46. The van der Waals surface area contributed by atoms with Gasteiger partial charge in [0.25, 0.3) is 0 Å². The summed E-state index contributed by atoms with van der Waals surface area (Å²) in [6.45, 7) is 0. The van der Waals surface area contributed by atoms with Crippen molar-refractivity contribution in [2.24, 2.45) is 0 Å².